The average Bonchev–Trinajstić information content (AvgIpc) is 2.39. The van der Waals surface area contributed by atoms with Gasteiger partial charge in [0.25, 0.3) is 0 Å². The number of H-pyrrole nitrogens is 1. The third kappa shape index (κ3) is 3.96. The van der Waals surface area contributed by atoms with Crippen LogP contribution in [0.3, 0.4) is 0 Å². The molecule has 21 heavy (non-hydrogen) atoms. The predicted octanol–water partition coefficient (Wildman–Crippen LogP) is 1.16. The first kappa shape index (κ1) is 15.8. The number of hydrogen-bond acceptors (Lipinski definition) is 5. The molecule has 1 aromatic carbocycles. The van der Waals surface area contributed by atoms with Gasteiger partial charge in [-0.1, -0.05) is 29.4 Å². The Labute approximate surface area is 130 Å². The zero-order chi connectivity index (χ0) is 15.6. The van der Waals surface area contributed by atoms with Crippen LogP contribution in [-0.4, -0.2) is 20.8 Å². The third-order valence-electron chi connectivity index (χ3n) is 2.72. The SMILES string of the molecule is CC(N)Cc1ccc(Sc2nc(=O)c(=O)[nH]n2C)cc1Cl. The number of aromatic amines is 1. The van der Waals surface area contributed by atoms with E-state index in [1.807, 2.05) is 19.1 Å². The Hall–Kier alpha value is -1.57. The zero-order valence-corrected chi connectivity index (χ0v) is 13.2. The molecule has 0 aliphatic rings. The summed E-state index contributed by atoms with van der Waals surface area (Å²) in [5.41, 5.74) is 5.18. The van der Waals surface area contributed by atoms with Crippen molar-refractivity contribution in [3.63, 3.8) is 0 Å². The van der Waals surface area contributed by atoms with Gasteiger partial charge in [0, 0.05) is 23.0 Å². The van der Waals surface area contributed by atoms with E-state index >= 15 is 0 Å². The van der Waals surface area contributed by atoms with Crippen molar-refractivity contribution < 1.29 is 0 Å². The first-order chi connectivity index (χ1) is 9.86. The molecule has 3 N–H and O–H groups in total. The summed E-state index contributed by atoms with van der Waals surface area (Å²) in [6.07, 6.45) is 0.694. The van der Waals surface area contributed by atoms with Gasteiger partial charge in [0.1, 0.15) is 0 Å². The van der Waals surface area contributed by atoms with Crippen LogP contribution >= 0.6 is 23.4 Å². The Balaban J connectivity index is 2.28. The number of hydrogen-bond donors (Lipinski definition) is 2. The highest BCUT2D eigenvalue weighted by Crippen LogP contribution is 2.29. The number of rotatable bonds is 4. The highest BCUT2D eigenvalue weighted by atomic mass is 35.5. The maximum Gasteiger partial charge on any atom is 0.339 e. The zero-order valence-electron chi connectivity index (χ0n) is 11.6. The molecule has 0 amide bonds. The van der Waals surface area contributed by atoms with Gasteiger partial charge >= 0.3 is 11.1 Å². The minimum absolute atomic E-state index is 0.0303. The van der Waals surface area contributed by atoms with E-state index in [4.69, 9.17) is 17.3 Å². The second-order valence-electron chi connectivity index (χ2n) is 4.74. The summed E-state index contributed by atoms with van der Waals surface area (Å²) in [6.45, 7) is 1.92. The molecule has 0 saturated carbocycles. The molecule has 0 spiro atoms. The summed E-state index contributed by atoms with van der Waals surface area (Å²) >= 11 is 7.47. The number of halogens is 1. The number of aromatic nitrogens is 3. The first-order valence-electron chi connectivity index (χ1n) is 6.26. The molecule has 0 aliphatic carbocycles. The van der Waals surface area contributed by atoms with E-state index in [0.29, 0.717) is 16.6 Å². The second kappa shape index (κ2) is 6.46. The largest absolute Gasteiger partial charge is 0.339 e. The fraction of sp³-hybridized carbons (Fsp3) is 0.308. The van der Waals surface area contributed by atoms with Crippen molar-refractivity contribution in [2.75, 3.05) is 0 Å². The molecule has 0 saturated heterocycles. The van der Waals surface area contributed by atoms with Crippen LogP contribution in [0.1, 0.15) is 12.5 Å². The summed E-state index contributed by atoms with van der Waals surface area (Å²) < 4.78 is 1.40. The Bertz CT molecular complexity index is 769. The lowest BCUT2D eigenvalue weighted by Gasteiger charge is -2.10. The summed E-state index contributed by atoms with van der Waals surface area (Å²) in [5.74, 6) is 0. The van der Waals surface area contributed by atoms with Gasteiger partial charge in [-0.3, -0.25) is 19.4 Å². The molecule has 0 radical (unpaired) electrons. The van der Waals surface area contributed by atoms with E-state index in [1.165, 1.54) is 16.4 Å². The Kier molecular flexibility index (Phi) is 4.87. The van der Waals surface area contributed by atoms with Crippen LogP contribution in [0.5, 0.6) is 0 Å². The van der Waals surface area contributed by atoms with Crippen molar-refractivity contribution in [1.82, 2.24) is 14.8 Å². The van der Waals surface area contributed by atoms with E-state index in [9.17, 15) is 9.59 Å². The fourth-order valence-corrected chi connectivity index (χ4v) is 2.92. The monoisotopic (exact) mass is 326 g/mol. The minimum atomic E-state index is -0.810. The van der Waals surface area contributed by atoms with Crippen LogP contribution in [-0.2, 0) is 13.5 Å². The number of nitrogens with zero attached hydrogens (tertiary/aromatic N) is 2. The van der Waals surface area contributed by atoms with Crippen LogP contribution in [0, 0.1) is 0 Å². The maximum absolute atomic E-state index is 11.3. The number of nitrogens with two attached hydrogens (primary N) is 1. The lowest BCUT2D eigenvalue weighted by atomic mass is 10.1. The van der Waals surface area contributed by atoms with Gasteiger partial charge in [0.05, 0.1) is 0 Å². The topological polar surface area (TPSA) is 93.8 Å². The smallest absolute Gasteiger partial charge is 0.328 e. The number of nitrogens with one attached hydrogen (secondary N) is 1. The molecule has 1 unspecified atom stereocenters. The number of benzene rings is 1. The van der Waals surface area contributed by atoms with Crippen LogP contribution in [0.25, 0.3) is 0 Å². The van der Waals surface area contributed by atoms with Gasteiger partial charge < -0.3 is 5.73 Å². The number of aryl methyl sites for hydroxylation is 1. The lowest BCUT2D eigenvalue weighted by Crippen LogP contribution is -2.33. The van der Waals surface area contributed by atoms with Gasteiger partial charge in [-0.05, 0) is 31.0 Å². The molecular weight excluding hydrogens is 312 g/mol. The molecule has 6 nitrogen and oxygen atoms in total. The molecule has 112 valence electrons. The van der Waals surface area contributed by atoms with E-state index in [2.05, 4.69) is 10.1 Å². The van der Waals surface area contributed by atoms with Crippen molar-refractivity contribution in [2.45, 2.75) is 29.4 Å². The van der Waals surface area contributed by atoms with E-state index in [0.717, 1.165) is 10.5 Å². The summed E-state index contributed by atoms with van der Waals surface area (Å²) in [7, 11) is 1.61. The third-order valence-corrected chi connectivity index (χ3v) is 4.11. The molecule has 0 aliphatic heterocycles. The van der Waals surface area contributed by atoms with Crippen molar-refractivity contribution in [1.29, 1.82) is 0 Å². The molecular formula is C13H15ClN4O2S. The molecule has 1 aromatic heterocycles. The van der Waals surface area contributed by atoms with Crippen LogP contribution in [0.4, 0.5) is 0 Å². The lowest BCUT2D eigenvalue weighted by molar-refractivity contribution is 0.596. The second-order valence-corrected chi connectivity index (χ2v) is 6.18. The maximum atomic E-state index is 11.3. The van der Waals surface area contributed by atoms with E-state index in [1.54, 1.807) is 13.1 Å². The Morgan fingerprint density at radius 3 is 2.81 bits per heavy atom. The van der Waals surface area contributed by atoms with Crippen molar-refractivity contribution >= 4 is 23.4 Å². The molecule has 1 atom stereocenters. The van der Waals surface area contributed by atoms with Crippen LogP contribution in [0.2, 0.25) is 5.02 Å². The normalized spacial score (nSPS) is 12.4. The standard InChI is InChI=1S/C13H15ClN4O2S/c1-7(15)5-8-3-4-9(6-10(8)14)21-13-16-11(19)12(20)17-18(13)2/h3-4,6-7H,5,15H2,1-2H3,(H,17,20). The van der Waals surface area contributed by atoms with Gasteiger partial charge in [-0.15, -0.1) is 0 Å². The molecule has 2 rings (SSSR count). The van der Waals surface area contributed by atoms with E-state index < -0.39 is 11.1 Å². The molecule has 0 fully saturated rings. The highest BCUT2D eigenvalue weighted by molar-refractivity contribution is 7.99. The highest BCUT2D eigenvalue weighted by Gasteiger charge is 2.09. The summed E-state index contributed by atoms with van der Waals surface area (Å²) in [5, 5.41) is 3.40. The van der Waals surface area contributed by atoms with Crippen LogP contribution < -0.4 is 16.9 Å². The van der Waals surface area contributed by atoms with E-state index in [-0.39, 0.29) is 6.04 Å². The summed E-state index contributed by atoms with van der Waals surface area (Å²) in [4.78, 5) is 27.0. The van der Waals surface area contributed by atoms with Gasteiger partial charge in [-0.25, -0.2) is 0 Å². The Morgan fingerprint density at radius 2 is 2.19 bits per heavy atom. The van der Waals surface area contributed by atoms with Crippen molar-refractivity contribution in [3.8, 4) is 0 Å². The van der Waals surface area contributed by atoms with Crippen molar-refractivity contribution in [2.24, 2.45) is 12.8 Å². The fourth-order valence-electron chi connectivity index (χ4n) is 1.76. The molecule has 2 aromatic rings. The van der Waals surface area contributed by atoms with Gasteiger partial charge in [0.15, 0.2) is 5.16 Å². The predicted molar refractivity (Wildman–Crippen MR) is 83.0 cm³/mol. The van der Waals surface area contributed by atoms with Crippen LogP contribution in [0.15, 0.2) is 37.8 Å². The average molecular weight is 327 g/mol. The molecule has 0 bridgehead atoms. The van der Waals surface area contributed by atoms with Crippen molar-refractivity contribution in [3.05, 3.63) is 49.5 Å². The van der Waals surface area contributed by atoms with Gasteiger partial charge in [0.2, 0.25) is 0 Å². The molecule has 8 heteroatoms. The minimum Gasteiger partial charge on any atom is -0.328 e. The quantitative estimate of drug-likeness (QED) is 0.822. The molecule has 1 heterocycles. The van der Waals surface area contributed by atoms with Gasteiger partial charge in [-0.2, -0.15) is 4.98 Å². The summed E-state index contributed by atoms with van der Waals surface area (Å²) in [6, 6.07) is 5.60. The first-order valence-corrected chi connectivity index (χ1v) is 7.45. The Morgan fingerprint density at radius 1 is 1.48 bits per heavy atom.